The van der Waals surface area contributed by atoms with Gasteiger partial charge in [-0.25, -0.2) is 0 Å². The predicted octanol–water partition coefficient (Wildman–Crippen LogP) is 2.03. The summed E-state index contributed by atoms with van der Waals surface area (Å²) in [5, 5.41) is 3.93. The molecule has 0 aromatic carbocycles. The van der Waals surface area contributed by atoms with Crippen LogP contribution < -0.4 is 0 Å². The van der Waals surface area contributed by atoms with Crippen molar-refractivity contribution in [3.05, 3.63) is 10.0 Å². The molecule has 5 heteroatoms. The molecule has 12 heavy (non-hydrogen) atoms. The van der Waals surface area contributed by atoms with Crippen molar-refractivity contribution >= 4 is 23.1 Å². The first-order valence-electron chi connectivity index (χ1n) is 3.78. The molecule has 0 spiro atoms. The van der Waals surface area contributed by atoms with Crippen molar-refractivity contribution in [3.63, 3.8) is 0 Å². The van der Waals surface area contributed by atoms with E-state index >= 15 is 0 Å². The summed E-state index contributed by atoms with van der Waals surface area (Å²) in [6.45, 7) is 5.04. The summed E-state index contributed by atoms with van der Waals surface area (Å²) >= 11 is 7.09. The summed E-state index contributed by atoms with van der Waals surface area (Å²) in [5.74, 6) is 0. The van der Waals surface area contributed by atoms with E-state index in [1.54, 1.807) is 0 Å². The molecule has 0 aliphatic heterocycles. The molecule has 1 aromatic rings. The van der Waals surface area contributed by atoms with E-state index in [4.69, 9.17) is 11.6 Å². The number of halogens is 1. The molecule has 0 bridgehead atoms. The van der Waals surface area contributed by atoms with Gasteiger partial charge in [-0.1, -0.05) is 16.1 Å². The molecule has 0 aliphatic rings. The highest BCUT2D eigenvalue weighted by atomic mass is 35.5. The molecular formula is C7H12ClN3S. The third-order valence-electron chi connectivity index (χ3n) is 1.79. The number of aromatic nitrogens is 2. The second-order valence-electron chi connectivity index (χ2n) is 3.00. The Hall–Kier alpha value is -0.190. The van der Waals surface area contributed by atoms with Gasteiger partial charge >= 0.3 is 0 Å². The molecule has 0 saturated carbocycles. The van der Waals surface area contributed by atoms with Crippen LogP contribution in [0, 0.1) is 0 Å². The van der Waals surface area contributed by atoms with Gasteiger partial charge in [0, 0.05) is 24.1 Å². The standard InChI is InChI=1S/C7H12ClN3S/c1-5(2)11(3)4-6-7(8)12-10-9-6/h5H,4H2,1-3H3. The maximum atomic E-state index is 5.86. The van der Waals surface area contributed by atoms with Crippen LogP contribution in [0.15, 0.2) is 0 Å². The van der Waals surface area contributed by atoms with E-state index in [-0.39, 0.29) is 0 Å². The Morgan fingerprint density at radius 1 is 1.58 bits per heavy atom. The fourth-order valence-corrected chi connectivity index (χ4v) is 1.32. The van der Waals surface area contributed by atoms with E-state index in [0.29, 0.717) is 10.4 Å². The van der Waals surface area contributed by atoms with Gasteiger partial charge < -0.3 is 0 Å². The van der Waals surface area contributed by atoms with E-state index in [9.17, 15) is 0 Å². The molecule has 0 unspecified atom stereocenters. The van der Waals surface area contributed by atoms with Gasteiger partial charge in [-0.2, -0.15) is 0 Å². The van der Waals surface area contributed by atoms with E-state index in [2.05, 4.69) is 28.3 Å². The Morgan fingerprint density at radius 2 is 2.25 bits per heavy atom. The van der Waals surface area contributed by atoms with Crippen LogP contribution in [0.2, 0.25) is 4.34 Å². The van der Waals surface area contributed by atoms with Crippen molar-refractivity contribution in [3.8, 4) is 0 Å². The lowest BCUT2D eigenvalue weighted by Crippen LogP contribution is -2.25. The van der Waals surface area contributed by atoms with E-state index in [1.807, 2.05) is 7.05 Å². The second-order valence-corrected chi connectivity index (χ2v) is 4.36. The normalized spacial score (nSPS) is 11.5. The molecule has 1 heterocycles. The van der Waals surface area contributed by atoms with Crippen LogP contribution in [-0.4, -0.2) is 27.6 Å². The quantitative estimate of drug-likeness (QED) is 0.756. The molecule has 0 N–H and O–H groups in total. The average Bonchev–Trinajstić information content (AvgIpc) is 2.36. The lowest BCUT2D eigenvalue weighted by Gasteiger charge is -2.19. The third-order valence-corrected chi connectivity index (χ3v) is 2.77. The van der Waals surface area contributed by atoms with Crippen molar-refractivity contribution in [1.82, 2.24) is 14.5 Å². The maximum Gasteiger partial charge on any atom is 0.138 e. The van der Waals surface area contributed by atoms with Crippen molar-refractivity contribution in [2.24, 2.45) is 0 Å². The number of rotatable bonds is 3. The summed E-state index contributed by atoms with van der Waals surface area (Å²) in [7, 11) is 2.04. The summed E-state index contributed by atoms with van der Waals surface area (Å²) in [5.41, 5.74) is 0.873. The van der Waals surface area contributed by atoms with Crippen molar-refractivity contribution < 1.29 is 0 Å². The van der Waals surface area contributed by atoms with Gasteiger partial charge in [-0.15, -0.1) is 5.10 Å². The number of hydrogen-bond acceptors (Lipinski definition) is 4. The smallest absolute Gasteiger partial charge is 0.138 e. The van der Waals surface area contributed by atoms with Crippen LogP contribution >= 0.6 is 23.1 Å². The Balaban J connectivity index is 2.58. The number of nitrogens with zero attached hydrogens (tertiary/aromatic N) is 3. The van der Waals surface area contributed by atoms with E-state index in [1.165, 1.54) is 11.5 Å². The van der Waals surface area contributed by atoms with Crippen LogP contribution in [0.5, 0.6) is 0 Å². The van der Waals surface area contributed by atoms with Gasteiger partial charge in [0.1, 0.15) is 10.0 Å². The largest absolute Gasteiger partial charge is 0.298 e. The topological polar surface area (TPSA) is 29.0 Å². The molecule has 0 fully saturated rings. The van der Waals surface area contributed by atoms with Gasteiger partial charge in [-0.3, -0.25) is 4.90 Å². The minimum Gasteiger partial charge on any atom is -0.298 e. The van der Waals surface area contributed by atoms with E-state index < -0.39 is 0 Å². The average molecular weight is 206 g/mol. The van der Waals surface area contributed by atoms with Crippen LogP contribution in [-0.2, 0) is 6.54 Å². The molecule has 0 saturated heterocycles. The first-order chi connectivity index (χ1) is 5.61. The van der Waals surface area contributed by atoms with E-state index in [0.717, 1.165) is 12.2 Å². The molecule has 1 aromatic heterocycles. The van der Waals surface area contributed by atoms with Gasteiger partial charge in [0.25, 0.3) is 0 Å². The van der Waals surface area contributed by atoms with Gasteiger partial charge in [0.05, 0.1) is 0 Å². The van der Waals surface area contributed by atoms with Crippen molar-refractivity contribution in [2.75, 3.05) is 7.05 Å². The lowest BCUT2D eigenvalue weighted by molar-refractivity contribution is 0.262. The summed E-state index contributed by atoms with van der Waals surface area (Å²) in [4.78, 5) is 2.17. The zero-order chi connectivity index (χ0) is 9.14. The maximum absolute atomic E-state index is 5.86. The highest BCUT2D eigenvalue weighted by Gasteiger charge is 2.10. The highest BCUT2D eigenvalue weighted by molar-refractivity contribution is 7.10. The summed E-state index contributed by atoms with van der Waals surface area (Å²) in [6, 6.07) is 0.503. The molecule has 68 valence electrons. The minimum atomic E-state index is 0.503. The minimum absolute atomic E-state index is 0.503. The third kappa shape index (κ3) is 2.40. The molecule has 0 atom stereocenters. The molecule has 1 rings (SSSR count). The van der Waals surface area contributed by atoms with Crippen molar-refractivity contribution in [2.45, 2.75) is 26.4 Å². The summed E-state index contributed by atoms with van der Waals surface area (Å²) in [6.07, 6.45) is 0. The fraction of sp³-hybridized carbons (Fsp3) is 0.714. The molecule has 0 radical (unpaired) electrons. The molecule has 3 nitrogen and oxygen atoms in total. The second kappa shape index (κ2) is 4.16. The molecular weight excluding hydrogens is 194 g/mol. The van der Waals surface area contributed by atoms with Crippen LogP contribution in [0.1, 0.15) is 19.5 Å². The Morgan fingerprint density at radius 3 is 2.67 bits per heavy atom. The monoisotopic (exact) mass is 205 g/mol. The van der Waals surface area contributed by atoms with Crippen LogP contribution in [0.3, 0.4) is 0 Å². The zero-order valence-electron chi connectivity index (χ0n) is 7.41. The first-order valence-corrected chi connectivity index (χ1v) is 4.93. The van der Waals surface area contributed by atoms with Gasteiger partial charge in [0.2, 0.25) is 0 Å². The van der Waals surface area contributed by atoms with Gasteiger partial charge in [-0.05, 0) is 20.9 Å². The zero-order valence-corrected chi connectivity index (χ0v) is 8.98. The first kappa shape index (κ1) is 9.89. The Bertz CT molecular complexity index is 249. The molecule has 0 aliphatic carbocycles. The van der Waals surface area contributed by atoms with Crippen LogP contribution in [0.4, 0.5) is 0 Å². The summed E-state index contributed by atoms with van der Waals surface area (Å²) < 4.78 is 4.46. The van der Waals surface area contributed by atoms with Gasteiger partial charge in [0.15, 0.2) is 0 Å². The molecule has 0 amide bonds. The van der Waals surface area contributed by atoms with Crippen molar-refractivity contribution in [1.29, 1.82) is 0 Å². The predicted molar refractivity (Wildman–Crippen MR) is 51.5 cm³/mol. The lowest BCUT2D eigenvalue weighted by atomic mass is 10.3. The SMILES string of the molecule is CC(C)N(C)Cc1nnsc1Cl. The Kier molecular flexibility index (Phi) is 3.43. The Labute approximate surface area is 81.5 Å². The fourth-order valence-electron chi connectivity index (χ4n) is 0.710. The number of hydrogen-bond donors (Lipinski definition) is 0. The van der Waals surface area contributed by atoms with Crippen LogP contribution in [0.25, 0.3) is 0 Å². The highest BCUT2D eigenvalue weighted by Crippen LogP contribution is 2.18.